The molecule has 5 rings (SSSR count). The van der Waals surface area contributed by atoms with Crippen LogP contribution in [0.15, 0.2) is 91.1 Å². The highest BCUT2D eigenvalue weighted by Gasteiger charge is 2.44. The highest BCUT2D eigenvalue weighted by Crippen LogP contribution is 2.27. The number of carbonyl (C=O) groups excluding carboxylic acids is 3. The fourth-order valence-corrected chi connectivity index (χ4v) is 5.99. The molecule has 1 saturated heterocycles. The fourth-order valence-electron chi connectivity index (χ4n) is 5.99. The summed E-state index contributed by atoms with van der Waals surface area (Å²) in [6, 6.07) is 27.8. The van der Waals surface area contributed by atoms with E-state index in [1.54, 1.807) is 0 Å². The molecular formula is C35H40N4O4. The number of aryl methyl sites for hydroxylation is 1. The van der Waals surface area contributed by atoms with Gasteiger partial charge in [0.15, 0.2) is 0 Å². The number of piperidine rings is 1. The van der Waals surface area contributed by atoms with Crippen LogP contribution in [0.4, 0.5) is 0 Å². The third-order valence-electron chi connectivity index (χ3n) is 8.48. The quantitative estimate of drug-likeness (QED) is 0.216. The number of aromatic nitrogens is 1. The van der Waals surface area contributed by atoms with E-state index in [0.717, 1.165) is 23.1 Å². The summed E-state index contributed by atoms with van der Waals surface area (Å²) in [5.41, 5.74) is 3.22. The van der Waals surface area contributed by atoms with Crippen LogP contribution >= 0.6 is 0 Å². The van der Waals surface area contributed by atoms with E-state index in [0.29, 0.717) is 51.9 Å². The number of esters is 1. The van der Waals surface area contributed by atoms with Gasteiger partial charge in [-0.1, -0.05) is 78.9 Å². The summed E-state index contributed by atoms with van der Waals surface area (Å²) in [6.07, 6.45) is 4.46. The number of aromatic amines is 1. The number of nitrogens with zero attached hydrogens (tertiary/aromatic N) is 1. The van der Waals surface area contributed by atoms with Crippen molar-refractivity contribution in [1.82, 2.24) is 20.5 Å². The van der Waals surface area contributed by atoms with Gasteiger partial charge in [0.25, 0.3) is 0 Å². The first-order valence-corrected chi connectivity index (χ1v) is 15.0. The van der Waals surface area contributed by atoms with Crippen molar-refractivity contribution < 1.29 is 19.1 Å². The van der Waals surface area contributed by atoms with Gasteiger partial charge in [-0.05, 0) is 48.4 Å². The van der Waals surface area contributed by atoms with Crippen LogP contribution in [0.3, 0.4) is 0 Å². The fraction of sp³-hybridized carbons (Fsp3) is 0.343. The zero-order valence-electron chi connectivity index (χ0n) is 24.7. The summed E-state index contributed by atoms with van der Waals surface area (Å²) < 4.78 is 5.14. The predicted octanol–water partition coefficient (Wildman–Crippen LogP) is 4.37. The van der Waals surface area contributed by atoms with Crippen LogP contribution in [-0.2, 0) is 32.0 Å². The second-order valence-corrected chi connectivity index (χ2v) is 11.3. The monoisotopic (exact) mass is 580 g/mol. The number of ether oxygens (including phenoxy) is 1. The molecule has 3 N–H and O–H groups in total. The molecule has 4 aromatic rings. The Kier molecular flexibility index (Phi) is 9.89. The summed E-state index contributed by atoms with van der Waals surface area (Å²) in [6.45, 7) is 2.16. The van der Waals surface area contributed by atoms with Gasteiger partial charge < -0.3 is 25.3 Å². The van der Waals surface area contributed by atoms with E-state index in [2.05, 4.69) is 26.6 Å². The number of fused-ring (bicyclic) bond motifs is 1. The van der Waals surface area contributed by atoms with Crippen molar-refractivity contribution in [3.05, 3.63) is 108 Å². The second-order valence-electron chi connectivity index (χ2n) is 11.3. The Balaban J connectivity index is 1.19. The molecule has 224 valence electrons. The van der Waals surface area contributed by atoms with E-state index in [4.69, 9.17) is 4.74 Å². The number of rotatable bonds is 12. The van der Waals surface area contributed by atoms with Crippen LogP contribution in [0.5, 0.6) is 0 Å². The van der Waals surface area contributed by atoms with Crippen LogP contribution in [0.25, 0.3) is 10.9 Å². The third-order valence-corrected chi connectivity index (χ3v) is 8.48. The first-order valence-electron chi connectivity index (χ1n) is 15.0. The molecule has 3 aromatic carbocycles. The van der Waals surface area contributed by atoms with Crippen molar-refractivity contribution >= 4 is 28.7 Å². The van der Waals surface area contributed by atoms with E-state index in [-0.39, 0.29) is 17.7 Å². The molecule has 0 aliphatic carbocycles. The van der Waals surface area contributed by atoms with Gasteiger partial charge in [0, 0.05) is 49.7 Å². The third kappa shape index (κ3) is 7.51. The lowest BCUT2D eigenvalue weighted by atomic mass is 9.86. The van der Waals surface area contributed by atoms with Crippen molar-refractivity contribution in [2.24, 2.45) is 0 Å². The average Bonchev–Trinajstić information content (AvgIpc) is 3.46. The predicted molar refractivity (Wildman–Crippen MR) is 168 cm³/mol. The zero-order chi connectivity index (χ0) is 30.1. The number of carbonyl (C=O) groups is 3. The Morgan fingerprint density at radius 3 is 2.30 bits per heavy atom. The molecular weight excluding hydrogens is 540 g/mol. The summed E-state index contributed by atoms with van der Waals surface area (Å²) >= 11 is 0. The van der Waals surface area contributed by atoms with Gasteiger partial charge in [-0.3, -0.25) is 9.59 Å². The second kappa shape index (κ2) is 14.2. The Morgan fingerprint density at radius 1 is 0.907 bits per heavy atom. The minimum atomic E-state index is -1.07. The number of amides is 2. The van der Waals surface area contributed by atoms with Crippen LogP contribution in [-0.4, -0.2) is 66.5 Å². The number of nitrogens with one attached hydrogen (secondary N) is 3. The highest BCUT2D eigenvalue weighted by molar-refractivity contribution is 5.88. The van der Waals surface area contributed by atoms with Crippen LogP contribution in [0, 0.1) is 0 Å². The van der Waals surface area contributed by atoms with Gasteiger partial charge >= 0.3 is 5.97 Å². The molecule has 1 atom stereocenters. The number of likely N-dealkylation sites (tertiary alicyclic amines) is 1. The number of hydrogen-bond donors (Lipinski definition) is 3. The molecule has 2 amide bonds. The van der Waals surface area contributed by atoms with Crippen LogP contribution < -0.4 is 10.6 Å². The normalized spacial score (nSPS) is 15.5. The molecule has 1 aliphatic rings. The lowest BCUT2D eigenvalue weighted by Gasteiger charge is -2.41. The van der Waals surface area contributed by atoms with Crippen molar-refractivity contribution in [1.29, 1.82) is 0 Å². The maximum atomic E-state index is 13.5. The molecule has 0 spiro atoms. The molecule has 0 radical (unpaired) electrons. The molecule has 1 fully saturated rings. The molecule has 43 heavy (non-hydrogen) atoms. The van der Waals surface area contributed by atoms with Gasteiger partial charge in [0.2, 0.25) is 11.8 Å². The lowest BCUT2D eigenvalue weighted by Crippen LogP contribution is -2.60. The highest BCUT2D eigenvalue weighted by atomic mass is 16.5. The minimum Gasteiger partial charge on any atom is -0.467 e. The summed E-state index contributed by atoms with van der Waals surface area (Å²) in [5, 5.41) is 7.35. The first-order chi connectivity index (χ1) is 21.0. The summed E-state index contributed by atoms with van der Waals surface area (Å²) in [7, 11) is 1.36. The Labute approximate surface area is 252 Å². The molecule has 1 aromatic heterocycles. The van der Waals surface area contributed by atoms with Gasteiger partial charge in [0.05, 0.1) is 13.0 Å². The minimum absolute atomic E-state index is 0.0231. The van der Waals surface area contributed by atoms with Crippen molar-refractivity contribution in [3.8, 4) is 0 Å². The topological polar surface area (TPSA) is 104 Å². The average molecular weight is 581 g/mol. The SMILES string of the molecule is COC(=O)C1(NC(=O)CCc2ccccc2)CCN(CC(C(=O)NCCc2c[nH]c3ccccc23)c2ccccc2)CC1. The van der Waals surface area contributed by atoms with E-state index in [1.807, 2.05) is 85.1 Å². The smallest absolute Gasteiger partial charge is 0.331 e. The van der Waals surface area contributed by atoms with Gasteiger partial charge in [-0.15, -0.1) is 0 Å². The summed E-state index contributed by atoms with van der Waals surface area (Å²) in [5.74, 6) is -0.977. The first kappa shape index (κ1) is 30.0. The van der Waals surface area contributed by atoms with Gasteiger partial charge in [-0.25, -0.2) is 4.79 Å². The Bertz CT molecular complexity index is 1510. The maximum Gasteiger partial charge on any atom is 0.331 e. The summed E-state index contributed by atoms with van der Waals surface area (Å²) in [4.78, 5) is 44.9. The van der Waals surface area contributed by atoms with Crippen LogP contribution in [0.1, 0.15) is 41.9 Å². The number of para-hydroxylation sites is 1. The van der Waals surface area contributed by atoms with E-state index in [1.165, 1.54) is 18.1 Å². The van der Waals surface area contributed by atoms with Gasteiger partial charge in [-0.2, -0.15) is 0 Å². The molecule has 0 saturated carbocycles. The molecule has 1 unspecified atom stereocenters. The number of H-pyrrole nitrogens is 1. The van der Waals surface area contributed by atoms with E-state index < -0.39 is 11.5 Å². The molecule has 0 bridgehead atoms. The Morgan fingerprint density at radius 2 is 1.58 bits per heavy atom. The van der Waals surface area contributed by atoms with Crippen molar-refractivity contribution in [2.45, 2.75) is 43.6 Å². The zero-order valence-corrected chi connectivity index (χ0v) is 24.7. The van der Waals surface area contributed by atoms with Gasteiger partial charge in [0.1, 0.15) is 5.54 Å². The van der Waals surface area contributed by atoms with E-state index >= 15 is 0 Å². The lowest BCUT2D eigenvalue weighted by molar-refractivity contribution is -0.153. The van der Waals surface area contributed by atoms with Crippen molar-refractivity contribution in [2.75, 3.05) is 33.3 Å². The van der Waals surface area contributed by atoms with Crippen LogP contribution in [0.2, 0.25) is 0 Å². The Hall–Kier alpha value is -4.43. The largest absolute Gasteiger partial charge is 0.467 e. The standard InChI is InChI=1S/C35H40N4O4/c1-43-34(42)35(38-32(40)17-16-26-10-4-2-5-11-26)19-22-39(23-20-35)25-30(27-12-6-3-7-13-27)33(41)36-21-18-28-24-37-31-15-9-8-14-29(28)31/h2-15,24,30,37H,16-23,25H2,1H3,(H,36,41)(H,38,40). The number of methoxy groups -OCH3 is 1. The van der Waals surface area contributed by atoms with E-state index in [9.17, 15) is 14.4 Å². The maximum absolute atomic E-state index is 13.5. The molecule has 2 heterocycles. The molecule has 8 nitrogen and oxygen atoms in total. The molecule has 1 aliphatic heterocycles. The molecule has 8 heteroatoms. The number of hydrogen-bond acceptors (Lipinski definition) is 5. The van der Waals surface area contributed by atoms with Crippen molar-refractivity contribution in [3.63, 3.8) is 0 Å². The number of benzene rings is 3.